The topological polar surface area (TPSA) is 130 Å². The quantitative estimate of drug-likeness (QED) is 0.306. The van der Waals surface area contributed by atoms with Gasteiger partial charge in [-0.3, -0.25) is 4.79 Å². The van der Waals surface area contributed by atoms with Crippen molar-refractivity contribution in [1.82, 2.24) is 5.32 Å². The van der Waals surface area contributed by atoms with E-state index in [9.17, 15) is 9.90 Å². The molecule has 2 atom stereocenters. The fraction of sp³-hybridized carbons (Fsp3) is 0.917. The molecule has 0 heterocycles. The van der Waals surface area contributed by atoms with Crippen LogP contribution in [0, 0.1) is 5.41 Å². The number of hydrogen-bond donors (Lipinski definition) is 6. The van der Waals surface area contributed by atoms with Crippen molar-refractivity contribution in [1.29, 1.82) is 0 Å². The van der Waals surface area contributed by atoms with Gasteiger partial charge in [0, 0.05) is 18.6 Å². The van der Waals surface area contributed by atoms with Crippen molar-refractivity contribution >= 4 is 5.91 Å². The second-order valence-corrected chi connectivity index (χ2v) is 4.95. The summed E-state index contributed by atoms with van der Waals surface area (Å²) in [6, 6.07) is 0. The third-order valence-corrected chi connectivity index (χ3v) is 2.29. The van der Waals surface area contributed by atoms with Crippen LogP contribution in [0.3, 0.4) is 0 Å². The molecule has 0 aromatic heterocycles. The van der Waals surface area contributed by atoms with Crippen LogP contribution in [-0.4, -0.2) is 70.0 Å². The van der Waals surface area contributed by atoms with Gasteiger partial charge in [0.05, 0.1) is 19.3 Å². The maximum atomic E-state index is 11.3. The number of nitrogens with one attached hydrogen (secondary N) is 1. The highest BCUT2D eigenvalue weighted by atomic mass is 16.3. The van der Waals surface area contributed by atoms with Gasteiger partial charge in [-0.05, 0) is 13.3 Å². The van der Waals surface area contributed by atoms with E-state index in [-0.39, 0.29) is 19.8 Å². The van der Waals surface area contributed by atoms with E-state index in [1.807, 2.05) is 0 Å². The Balaban J connectivity index is 0. The molecule has 0 radical (unpaired) electrons. The molecule has 0 saturated heterocycles. The molecule has 0 aliphatic rings. The van der Waals surface area contributed by atoms with E-state index in [0.717, 1.165) is 0 Å². The summed E-state index contributed by atoms with van der Waals surface area (Å²) in [5, 5.41) is 45.4. The Labute approximate surface area is 113 Å². The molecule has 0 aliphatic carbocycles. The normalized spacial score (nSPS) is 14.1. The number of hydrogen-bond acceptors (Lipinski definition) is 6. The van der Waals surface area contributed by atoms with Crippen molar-refractivity contribution in [3.05, 3.63) is 0 Å². The SMILES string of the molecule is CC(C)(CO)[C@H](O)C(=O)NCCCO.CC(O)CO. The van der Waals surface area contributed by atoms with Gasteiger partial charge in [0.1, 0.15) is 6.10 Å². The molecule has 0 aromatic carbocycles. The molecule has 0 bridgehead atoms. The molecule has 7 heteroatoms. The van der Waals surface area contributed by atoms with Crippen molar-refractivity contribution in [3.8, 4) is 0 Å². The minimum absolute atomic E-state index is 0.000230. The molecular formula is C12H27NO6. The van der Waals surface area contributed by atoms with Crippen LogP contribution in [0.1, 0.15) is 27.2 Å². The summed E-state index contributed by atoms with van der Waals surface area (Å²) in [5.74, 6) is -0.516. The van der Waals surface area contributed by atoms with Gasteiger partial charge in [0.2, 0.25) is 5.91 Å². The lowest BCUT2D eigenvalue weighted by Crippen LogP contribution is -2.45. The van der Waals surface area contributed by atoms with Crippen LogP contribution in [-0.2, 0) is 4.79 Å². The third kappa shape index (κ3) is 10.8. The Hall–Kier alpha value is -0.730. The molecule has 0 aliphatic heterocycles. The Kier molecular flexibility index (Phi) is 12.1. The van der Waals surface area contributed by atoms with Gasteiger partial charge in [-0.1, -0.05) is 13.8 Å². The molecule has 6 N–H and O–H groups in total. The first-order valence-corrected chi connectivity index (χ1v) is 6.19. The predicted octanol–water partition coefficient (Wildman–Crippen LogP) is -1.78. The maximum Gasteiger partial charge on any atom is 0.249 e. The molecule has 0 spiro atoms. The van der Waals surface area contributed by atoms with Crippen LogP contribution >= 0.6 is 0 Å². The summed E-state index contributed by atoms with van der Waals surface area (Å²) in [6.45, 7) is 4.65. The molecule has 0 saturated carbocycles. The number of carbonyl (C=O) groups is 1. The van der Waals surface area contributed by atoms with Crippen molar-refractivity contribution in [2.45, 2.75) is 39.4 Å². The highest BCUT2D eigenvalue weighted by Gasteiger charge is 2.32. The molecule has 1 amide bonds. The molecule has 7 nitrogen and oxygen atoms in total. The second-order valence-electron chi connectivity index (χ2n) is 4.95. The number of amides is 1. The van der Waals surface area contributed by atoms with Crippen LogP contribution in [0.25, 0.3) is 0 Å². The Morgan fingerprint density at radius 3 is 2.00 bits per heavy atom. The van der Waals surface area contributed by atoms with Crippen LogP contribution in [0.15, 0.2) is 0 Å². The van der Waals surface area contributed by atoms with Crippen molar-refractivity contribution < 1.29 is 30.3 Å². The number of aliphatic hydroxyl groups excluding tert-OH is 5. The average molecular weight is 281 g/mol. The lowest BCUT2D eigenvalue weighted by Gasteiger charge is -2.27. The Morgan fingerprint density at radius 2 is 1.68 bits per heavy atom. The van der Waals surface area contributed by atoms with E-state index in [1.165, 1.54) is 6.92 Å². The van der Waals surface area contributed by atoms with Gasteiger partial charge in [-0.15, -0.1) is 0 Å². The first-order valence-electron chi connectivity index (χ1n) is 6.19. The Morgan fingerprint density at radius 1 is 1.21 bits per heavy atom. The van der Waals surface area contributed by atoms with Gasteiger partial charge >= 0.3 is 0 Å². The second kappa shape index (κ2) is 11.1. The standard InChI is InChI=1S/C9H19NO4.C3H8O2/c1-9(2,6-12)7(13)8(14)10-4-3-5-11;1-3(5)2-4/h7,11-13H,3-6H2,1-2H3,(H,10,14);3-5H,2H2,1H3/t7-;/m1./s1. The van der Waals surface area contributed by atoms with Crippen LogP contribution < -0.4 is 5.32 Å². The zero-order chi connectivity index (χ0) is 15.5. The van der Waals surface area contributed by atoms with E-state index in [2.05, 4.69) is 5.32 Å². The highest BCUT2D eigenvalue weighted by Crippen LogP contribution is 2.19. The molecule has 0 aromatic rings. The van der Waals surface area contributed by atoms with E-state index in [0.29, 0.717) is 13.0 Å². The molecule has 0 rings (SSSR count). The Bertz CT molecular complexity index is 232. The van der Waals surface area contributed by atoms with E-state index >= 15 is 0 Å². The predicted molar refractivity (Wildman–Crippen MR) is 70.4 cm³/mol. The van der Waals surface area contributed by atoms with Crippen LogP contribution in [0.5, 0.6) is 0 Å². The van der Waals surface area contributed by atoms with Crippen molar-refractivity contribution in [2.75, 3.05) is 26.4 Å². The largest absolute Gasteiger partial charge is 0.396 e. The first-order chi connectivity index (χ1) is 8.72. The first kappa shape index (κ1) is 20.6. The molecular weight excluding hydrogens is 254 g/mol. The highest BCUT2D eigenvalue weighted by molar-refractivity contribution is 5.81. The van der Waals surface area contributed by atoms with E-state index in [1.54, 1.807) is 13.8 Å². The van der Waals surface area contributed by atoms with Gasteiger partial charge < -0.3 is 30.8 Å². The van der Waals surface area contributed by atoms with E-state index < -0.39 is 23.5 Å². The summed E-state index contributed by atoms with van der Waals surface area (Å²) >= 11 is 0. The van der Waals surface area contributed by atoms with Gasteiger partial charge in [0.25, 0.3) is 0 Å². The van der Waals surface area contributed by atoms with E-state index in [4.69, 9.17) is 20.4 Å². The fourth-order valence-corrected chi connectivity index (χ4v) is 0.829. The average Bonchev–Trinajstić information content (AvgIpc) is 2.38. The van der Waals surface area contributed by atoms with Gasteiger partial charge in [-0.25, -0.2) is 0 Å². The van der Waals surface area contributed by atoms with Crippen LogP contribution in [0.2, 0.25) is 0 Å². The number of rotatable bonds is 7. The summed E-state index contributed by atoms with van der Waals surface area (Å²) in [7, 11) is 0. The minimum atomic E-state index is -1.23. The maximum absolute atomic E-state index is 11.3. The molecule has 19 heavy (non-hydrogen) atoms. The summed E-state index contributed by atoms with van der Waals surface area (Å²) in [6.07, 6.45) is -1.33. The zero-order valence-corrected chi connectivity index (χ0v) is 11.8. The lowest BCUT2D eigenvalue weighted by atomic mass is 9.87. The van der Waals surface area contributed by atoms with Gasteiger partial charge in [0.15, 0.2) is 0 Å². The molecule has 0 fully saturated rings. The third-order valence-electron chi connectivity index (χ3n) is 2.29. The van der Waals surface area contributed by atoms with Crippen LogP contribution in [0.4, 0.5) is 0 Å². The smallest absolute Gasteiger partial charge is 0.249 e. The van der Waals surface area contributed by atoms with Crippen molar-refractivity contribution in [2.24, 2.45) is 5.41 Å². The summed E-state index contributed by atoms with van der Waals surface area (Å²) < 4.78 is 0. The minimum Gasteiger partial charge on any atom is -0.396 e. The monoisotopic (exact) mass is 281 g/mol. The fourth-order valence-electron chi connectivity index (χ4n) is 0.829. The number of aliphatic hydroxyl groups is 5. The summed E-state index contributed by atoms with van der Waals surface area (Å²) in [5.41, 5.74) is -0.844. The lowest BCUT2D eigenvalue weighted by molar-refractivity contribution is -0.137. The molecule has 1 unspecified atom stereocenters. The van der Waals surface area contributed by atoms with Gasteiger partial charge in [-0.2, -0.15) is 0 Å². The zero-order valence-electron chi connectivity index (χ0n) is 11.8. The summed E-state index contributed by atoms with van der Waals surface area (Å²) in [4.78, 5) is 11.3. The number of carbonyl (C=O) groups excluding carboxylic acids is 1. The van der Waals surface area contributed by atoms with Crippen molar-refractivity contribution in [3.63, 3.8) is 0 Å². The molecule has 116 valence electrons.